The lowest BCUT2D eigenvalue weighted by molar-refractivity contribution is -0.159. The van der Waals surface area contributed by atoms with Gasteiger partial charge in [-0.2, -0.15) is 0 Å². The van der Waals surface area contributed by atoms with Crippen molar-refractivity contribution in [2.75, 3.05) is 106 Å². The van der Waals surface area contributed by atoms with E-state index in [1.807, 2.05) is 4.90 Å². The third-order valence-corrected chi connectivity index (χ3v) is 8.83. The maximum absolute atomic E-state index is 12.6. The number of esters is 3. The SMILES string of the molecule is COCC(=O)OCC1CN(C(=O)CCCCCN=[N+]=[N-])CCN1CC(=O)O.COCC(=O)OCC1CN(C(=O)CCCCCN=[N+]=[N-])CCN1CC(=O)OC(C)(C)C. The van der Waals surface area contributed by atoms with E-state index in [0.717, 1.165) is 25.7 Å². The average Bonchev–Trinajstić information content (AvgIpc) is 3.16. The van der Waals surface area contributed by atoms with Gasteiger partial charge in [-0.1, -0.05) is 23.1 Å². The topological polar surface area (TPSA) is 279 Å². The number of ether oxygens (including phenoxy) is 5. The number of amides is 2. The quantitative estimate of drug-likeness (QED) is 0.0366. The fourth-order valence-electron chi connectivity index (χ4n) is 6.06. The number of rotatable bonds is 24. The van der Waals surface area contributed by atoms with Crippen molar-refractivity contribution >= 4 is 35.7 Å². The lowest BCUT2D eigenvalue weighted by atomic mass is 10.1. The summed E-state index contributed by atoms with van der Waals surface area (Å²) < 4.78 is 25.3. The number of hydrogen-bond donors (Lipinski definition) is 1. The van der Waals surface area contributed by atoms with Gasteiger partial charge in [-0.05, 0) is 57.5 Å². The van der Waals surface area contributed by atoms with Gasteiger partial charge in [0.2, 0.25) is 11.8 Å². The number of carbonyl (C=O) groups excluding carboxylic acids is 5. The molecular formula is C36H62N10O12. The van der Waals surface area contributed by atoms with Crippen LogP contribution in [0.2, 0.25) is 0 Å². The Morgan fingerprint density at radius 2 is 1.09 bits per heavy atom. The van der Waals surface area contributed by atoms with Crippen molar-refractivity contribution in [3.05, 3.63) is 20.9 Å². The maximum Gasteiger partial charge on any atom is 0.332 e. The second kappa shape index (κ2) is 29.5. The molecule has 22 nitrogen and oxygen atoms in total. The summed E-state index contributed by atoms with van der Waals surface area (Å²) >= 11 is 0. The molecule has 22 heteroatoms. The van der Waals surface area contributed by atoms with Crippen LogP contribution in [-0.4, -0.2) is 184 Å². The largest absolute Gasteiger partial charge is 0.480 e. The van der Waals surface area contributed by atoms with E-state index in [0.29, 0.717) is 78.0 Å². The first kappa shape index (κ1) is 51.3. The Kier molecular flexibility index (Phi) is 26.1. The zero-order chi connectivity index (χ0) is 43.3. The molecule has 2 saturated heterocycles. The number of nitrogens with zero attached hydrogens (tertiary/aromatic N) is 10. The summed E-state index contributed by atoms with van der Waals surface area (Å²) in [5, 5.41) is 16.0. The Balaban J connectivity index is 0.000000586. The fourth-order valence-corrected chi connectivity index (χ4v) is 6.06. The molecule has 2 aliphatic rings. The van der Waals surface area contributed by atoms with Gasteiger partial charge in [0, 0.05) is 89.2 Å². The Labute approximate surface area is 339 Å². The summed E-state index contributed by atoms with van der Waals surface area (Å²) in [7, 11) is 2.79. The molecule has 0 aromatic heterocycles. The van der Waals surface area contributed by atoms with E-state index in [1.165, 1.54) is 14.2 Å². The van der Waals surface area contributed by atoms with Gasteiger partial charge in [0.15, 0.2) is 0 Å². The van der Waals surface area contributed by atoms with Crippen LogP contribution in [0.5, 0.6) is 0 Å². The van der Waals surface area contributed by atoms with Crippen molar-refractivity contribution in [1.29, 1.82) is 0 Å². The predicted molar refractivity (Wildman–Crippen MR) is 208 cm³/mol. The second-order valence-corrected chi connectivity index (χ2v) is 14.7. The van der Waals surface area contributed by atoms with Gasteiger partial charge in [-0.3, -0.25) is 29.0 Å². The summed E-state index contributed by atoms with van der Waals surface area (Å²) in [6.45, 7) is 8.37. The van der Waals surface area contributed by atoms with Gasteiger partial charge in [0.05, 0.1) is 25.2 Å². The molecule has 1 N–H and O–H groups in total. The van der Waals surface area contributed by atoms with E-state index in [4.69, 9.17) is 39.9 Å². The molecule has 0 aromatic carbocycles. The second-order valence-electron chi connectivity index (χ2n) is 14.7. The van der Waals surface area contributed by atoms with Crippen LogP contribution in [0.4, 0.5) is 0 Å². The molecule has 2 rings (SSSR count). The zero-order valence-corrected chi connectivity index (χ0v) is 34.6. The van der Waals surface area contributed by atoms with Gasteiger partial charge in [0.1, 0.15) is 32.0 Å². The summed E-state index contributed by atoms with van der Waals surface area (Å²) in [4.78, 5) is 83.9. The van der Waals surface area contributed by atoms with Crippen LogP contribution >= 0.6 is 0 Å². The van der Waals surface area contributed by atoms with E-state index < -0.39 is 23.5 Å². The first-order chi connectivity index (χ1) is 27.6. The van der Waals surface area contributed by atoms with Crippen LogP contribution in [0, 0.1) is 0 Å². The minimum absolute atomic E-state index is 0.00537. The lowest BCUT2D eigenvalue weighted by Gasteiger charge is -2.41. The Bertz CT molecular complexity index is 1400. The molecule has 2 aliphatic heterocycles. The summed E-state index contributed by atoms with van der Waals surface area (Å²) in [6.07, 6.45) is 5.28. The average molecular weight is 827 g/mol. The highest BCUT2D eigenvalue weighted by molar-refractivity contribution is 5.77. The van der Waals surface area contributed by atoms with E-state index in [9.17, 15) is 28.8 Å². The number of carbonyl (C=O) groups is 6. The molecule has 2 unspecified atom stereocenters. The summed E-state index contributed by atoms with van der Waals surface area (Å²) in [6, 6.07) is -0.680. The van der Waals surface area contributed by atoms with Gasteiger partial charge in [-0.25, -0.2) is 9.59 Å². The highest BCUT2D eigenvalue weighted by Crippen LogP contribution is 2.16. The van der Waals surface area contributed by atoms with Crippen molar-refractivity contribution in [3.8, 4) is 0 Å². The fraction of sp³-hybridized carbons (Fsp3) is 0.833. The van der Waals surface area contributed by atoms with Crippen LogP contribution in [-0.2, 0) is 52.5 Å². The standard InChI is InChI=1S/C20H35N5O6.C16H27N5O6/c1-20(2,3)31-18(27)13-24-10-11-25(12-16(24)14-30-19(28)15-29-4)17(26)8-6-5-7-9-22-23-21;1-26-12-16(25)27-11-13-9-21(8-7-20(13)10-15(23)24)14(22)5-3-2-4-6-18-19-17/h16H,5-15H2,1-4H3;13H,2-12H2,1H3,(H,23,24). The number of piperazine rings is 2. The summed E-state index contributed by atoms with van der Waals surface area (Å²) in [5.41, 5.74) is 15.9. The normalized spacial score (nSPS) is 17.1. The highest BCUT2D eigenvalue weighted by Gasteiger charge is 2.33. The van der Waals surface area contributed by atoms with Crippen LogP contribution in [0.3, 0.4) is 0 Å². The molecule has 328 valence electrons. The third kappa shape index (κ3) is 23.5. The first-order valence-electron chi connectivity index (χ1n) is 19.4. The Hall–Kier alpha value is -4.72. The van der Waals surface area contributed by atoms with Crippen LogP contribution < -0.4 is 0 Å². The molecule has 2 atom stereocenters. The van der Waals surface area contributed by atoms with Crippen molar-refractivity contribution in [2.45, 2.75) is 89.8 Å². The summed E-state index contributed by atoms with van der Waals surface area (Å²) in [5.74, 6) is -2.35. The third-order valence-electron chi connectivity index (χ3n) is 8.83. The van der Waals surface area contributed by atoms with Crippen LogP contribution in [0.15, 0.2) is 10.2 Å². The molecule has 0 saturated carbocycles. The zero-order valence-electron chi connectivity index (χ0n) is 34.6. The molecular weight excluding hydrogens is 764 g/mol. The van der Waals surface area contributed by atoms with Crippen LogP contribution in [0.1, 0.15) is 72.1 Å². The number of aliphatic carboxylic acids is 1. The minimum Gasteiger partial charge on any atom is -0.480 e. The number of carboxylic acids is 1. The number of unbranched alkanes of at least 4 members (excludes halogenated alkanes) is 4. The molecule has 0 radical (unpaired) electrons. The van der Waals surface area contributed by atoms with E-state index in [-0.39, 0.29) is 69.4 Å². The van der Waals surface area contributed by atoms with Crippen molar-refractivity contribution in [2.24, 2.45) is 10.2 Å². The number of azide groups is 2. The molecule has 0 bridgehead atoms. The molecule has 2 fully saturated rings. The van der Waals surface area contributed by atoms with Gasteiger partial charge in [-0.15, -0.1) is 0 Å². The van der Waals surface area contributed by atoms with Gasteiger partial charge >= 0.3 is 23.9 Å². The lowest BCUT2D eigenvalue weighted by Crippen LogP contribution is -2.57. The van der Waals surface area contributed by atoms with Crippen molar-refractivity contribution in [1.82, 2.24) is 19.6 Å². The van der Waals surface area contributed by atoms with Crippen molar-refractivity contribution in [3.63, 3.8) is 0 Å². The number of hydrogen-bond acceptors (Lipinski definition) is 15. The number of carboxylic acid groups (broad SMARTS) is 1. The van der Waals surface area contributed by atoms with E-state index >= 15 is 0 Å². The molecule has 0 aliphatic carbocycles. The van der Waals surface area contributed by atoms with E-state index in [2.05, 4.69) is 20.1 Å². The van der Waals surface area contributed by atoms with Crippen LogP contribution in [0.25, 0.3) is 20.9 Å². The smallest absolute Gasteiger partial charge is 0.332 e. The predicted octanol–water partition coefficient (Wildman–Crippen LogP) is 2.55. The molecule has 58 heavy (non-hydrogen) atoms. The Morgan fingerprint density at radius 3 is 1.47 bits per heavy atom. The van der Waals surface area contributed by atoms with E-state index in [1.54, 1.807) is 35.5 Å². The molecule has 0 spiro atoms. The maximum atomic E-state index is 12.6. The minimum atomic E-state index is -0.969. The van der Waals surface area contributed by atoms with Gasteiger partial charge in [0.25, 0.3) is 0 Å². The first-order valence-corrected chi connectivity index (χ1v) is 19.4. The molecule has 0 aromatic rings. The Morgan fingerprint density at radius 1 is 0.655 bits per heavy atom. The monoisotopic (exact) mass is 826 g/mol. The molecule has 2 amide bonds. The highest BCUT2D eigenvalue weighted by atomic mass is 16.6. The molecule has 2 heterocycles. The van der Waals surface area contributed by atoms with Gasteiger partial charge < -0.3 is 38.6 Å². The number of methoxy groups -OCH3 is 2. The van der Waals surface area contributed by atoms with Crippen molar-refractivity contribution < 1.29 is 57.6 Å².